The Balaban J connectivity index is 0.937. The number of fused-ring (bicyclic) bond motifs is 2. The third kappa shape index (κ3) is 5.81. The molecule has 1 fully saturated rings. The van der Waals surface area contributed by atoms with Crippen LogP contribution in [-0.2, 0) is 22.4 Å². The number of aromatic nitrogens is 6. The molecule has 4 aromatic heterocycles. The maximum atomic E-state index is 12.7. The molecule has 42 heavy (non-hydrogen) atoms. The number of benzene rings is 2. The molecule has 1 aliphatic rings. The van der Waals surface area contributed by atoms with E-state index < -0.39 is 0 Å². The predicted molar refractivity (Wildman–Crippen MR) is 165 cm³/mol. The molecule has 0 saturated heterocycles. The Hall–Kier alpha value is -4.42. The summed E-state index contributed by atoms with van der Waals surface area (Å²) in [5.41, 5.74) is 3.75. The summed E-state index contributed by atoms with van der Waals surface area (Å²) in [5.74, 6) is 0.228. The zero-order valence-electron chi connectivity index (χ0n) is 22.6. The first kappa shape index (κ1) is 26.5. The molecule has 2 amide bonds. The second-order valence-corrected chi connectivity index (χ2v) is 12.7. The van der Waals surface area contributed by atoms with Gasteiger partial charge in [0.25, 0.3) is 0 Å². The lowest BCUT2D eigenvalue weighted by Crippen LogP contribution is -2.14. The van der Waals surface area contributed by atoms with Crippen LogP contribution in [0.2, 0.25) is 0 Å². The Bertz CT molecular complexity index is 1690. The molecule has 0 aliphatic heterocycles. The number of rotatable bonds is 8. The van der Waals surface area contributed by atoms with Crippen LogP contribution < -0.4 is 10.6 Å². The summed E-state index contributed by atoms with van der Waals surface area (Å²) in [6.45, 7) is 0. The lowest BCUT2D eigenvalue weighted by Gasteiger charge is -2.25. The molecule has 0 unspecified atom stereocenters. The molecule has 1 saturated carbocycles. The number of H-pyrrole nitrogens is 2. The number of anilines is 2. The summed E-state index contributed by atoms with van der Waals surface area (Å²) >= 11 is 2.88. The first-order chi connectivity index (χ1) is 20.6. The SMILES string of the molecule is O=C(Cc1cc2ccccc2[nH]1)Nc1nnc([C@@H]2CCC[C@@H](c3nnc(NC(=O)Cc4cc5ccccc5[nH]4)s3)C2)s1. The van der Waals surface area contributed by atoms with Crippen molar-refractivity contribution in [3.63, 3.8) is 0 Å². The summed E-state index contributed by atoms with van der Waals surface area (Å²) in [6, 6.07) is 19.9. The minimum absolute atomic E-state index is 0.126. The van der Waals surface area contributed by atoms with Gasteiger partial charge in [-0.15, -0.1) is 20.4 Å². The summed E-state index contributed by atoms with van der Waals surface area (Å²) in [6.07, 6.45) is 4.44. The van der Waals surface area contributed by atoms with Crippen molar-refractivity contribution in [1.82, 2.24) is 30.4 Å². The van der Waals surface area contributed by atoms with Crippen LogP contribution in [0.3, 0.4) is 0 Å². The number of carbonyl (C=O) groups is 2. The molecule has 0 spiro atoms. The maximum Gasteiger partial charge on any atom is 0.232 e. The summed E-state index contributed by atoms with van der Waals surface area (Å²) < 4.78 is 0. The molecule has 7 rings (SSSR count). The zero-order valence-corrected chi connectivity index (χ0v) is 24.2. The first-order valence-corrected chi connectivity index (χ1v) is 15.6. The van der Waals surface area contributed by atoms with Crippen molar-refractivity contribution in [3.05, 3.63) is 82.1 Å². The molecule has 0 bridgehead atoms. The van der Waals surface area contributed by atoms with Gasteiger partial charge in [0.15, 0.2) is 0 Å². The number of aromatic amines is 2. The van der Waals surface area contributed by atoms with Crippen molar-refractivity contribution in [1.29, 1.82) is 0 Å². The van der Waals surface area contributed by atoms with Gasteiger partial charge in [-0.05, 0) is 54.3 Å². The summed E-state index contributed by atoms with van der Waals surface area (Å²) in [7, 11) is 0. The minimum Gasteiger partial charge on any atom is -0.358 e. The van der Waals surface area contributed by atoms with Gasteiger partial charge in [-0.2, -0.15) is 0 Å². The smallest absolute Gasteiger partial charge is 0.232 e. The van der Waals surface area contributed by atoms with Crippen molar-refractivity contribution in [2.75, 3.05) is 10.6 Å². The van der Waals surface area contributed by atoms with Crippen LogP contribution in [0.25, 0.3) is 21.8 Å². The molecule has 2 atom stereocenters. The van der Waals surface area contributed by atoms with E-state index in [-0.39, 0.29) is 36.5 Å². The van der Waals surface area contributed by atoms with Gasteiger partial charge in [-0.1, -0.05) is 65.5 Å². The van der Waals surface area contributed by atoms with E-state index in [9.17, 15) is 9.59 Å². The molecule has 212 valence electrons. The molecular weight excluding hydrogens is 569 g/mol. The molecule has 12 heteroatoms. The van der Waals surface area contributed by atoms with Gasteiger partial charge >= 0.3 is 0 Å². The van der Waals surface area contributed by atoms with Gasteiger partial charge in [0.05, 0.1) is 12.8 Å². The maximum absolute atomic E-state index is 12.7. The van der Waals surface area contributed by atoms with E-state index in [4.69, 9.17) is 0 Å². The highest BCUT2D eigenvalue weighted by atomic mass is 32.1. The number of hydrogen-bond acceptors (Lipinski definition) is 8. The van der Waals surface area contributed by atoms with E-state index in [1.165, 1.54) is 22.7 Å². The predicted octanol–water partition coefficient (Wildman–Crippen LogP) is 6.16. The average Bonchev–Trinajstić information content (AvgIpc) is 3.79. The van der Waals surface area contributed by atoms with Gasteiger partial charge in [-0.3, -0.25) is 9.59 Å². The van der Waals surface area contributed by atoms with E-state index in [1.54, 1.807) is 0 Å². The molecule has 4 heterocycles. The number of nitrogens with zero attached hydrogens (tertiary/aromatic N) is 4. The number of para-hydroxylation sites is 2. The standard InChI is InChI=1S/C30H28N8O2S2/c39-25(15-21-13-17-6-1-3-10-23(17)31-21)33-29-37-35-27(41-29)19-8-5-9-20(12-19)28-36-38-30(42-28)34-26(40)16-22-14-18-7-2-4-11-24(18)32-22/h1-4,6-7,10-11,13-14,19-20,31-32H,5,8-9,12,15-16H2,(H,33,37,39)(H,34,38,40)/t19-,20-/m1/s1. The summed E-state index contributed by atoms with van der Waals surface area (Å²) in [5, 5.41) is 28.2. The van der Waals surface area contributed by atoms with Crippen LogP contribution in [0, 0.1) is 0 Å². The molecule has 6 aromatic rings. The normalized spacial score (nSPS) is 17.0. The van der Waals surface area contributed by atoms with Crippen LogP contribution >= 0.6 is 22.7 Å². The lowest BCUT2D eigenvalue weighted by molar-refractivity contribution is -0.116. The fraction of sp³-hybridized carbons (Fsp3) is 0.267. The highest BCUT2D eigenvalue weighted by Crippen LogP contribution is 2.43. The Morgan fingerprint density at radius 3 is 1.67 bits per heavy atom. The largest absolute Gasteiger partial charge is 0.358 e. The Labute approximate surface area is 249 Å². The van der Waals surface area contributed by atoms with Crippen molar-refractivity contribution < 1.29 is 9.59 Å². The van der Waals surface area contributed by atoms with Crippen molar-refractivity contribution in [2.24, 2.45) is 0 Å². The van der Waals surface area contributed by atoms with Gasteiger partial charge in [0, 0.05) is 34.3 Å². The quantitative estimate of drug-likeness (QED) is 0.166. The third-order valence-electron chi connectivity index (χ3n) is 7.62. The molecular formula is C30H28N8O2S2. The van der Waals surface area contributed by atoms with Crippen LogP contribution in [0.4, 0.5) is 10.3 Å². The van der Waals surface area contributed by atoms with Crippen molar-refractivity contribution in [2.45, 2.75) is 50.4 Å². The topological polar surface area (TPSA) is 141 Å². The number of hydrogen-bond donors (Lipinski definition) is 4. The zero-order chi connectivity index (χ0) is 28.5. The number of amides is 2. The van der Waals surface area contributed by atoms with E-state index in [1.807, 2.05) is 60.7 Å². The van der Waals surface area contributed by atoms with Gasteiger partial charge < -0.3 is 20.6 Å². The van der Waals surface area contributed by atoms with Gasteiger partial charge in [0.1, 0.15) is 10.0 Å². The monoisotopic (exact) mass is 596 g/mol. The van der Waals surface area contributed by atoms with E-state index in [0.717, 1.165) is 68.9 Å². The van der Waals surface area contributed by atoms with Crippen molar-refractivity contribution >= 4 is 66.6 Å². The molecule has 0 radical (unpaired) electrons. The summed E-state index contributed by atoms with van der Waals surface area (Å²) in [4.78, 5) is 31.9. The van der Waals surface area contributed by atoms with Crippen LogP contribution in [0.1, 0.15) is 58.9 Å². The Morgan fingerprint density at radius 1 is 0.714 bits per heavy atom. The Kier molecular flexibility index (Phi) is 7.22. The highest BCUT2D eigenvalue weighted by molar-refractivity contribution is 7.15. The van der Waals surface area contributed by atoms with Gasteiger partial charge in [-0.25, -0.2) is 0 Å². The second-order valence-electron chi connectivity index (χ2n) is 10.7. The molecule has 2 aromatic carbocycles. The van der Waals surface area contributed by atoms with Crippen LogP contribution in [-0.4, -0.2) is 42.2 Å². The van der Waals surface area contributed by atoms with E-state index in [0.29, 0.717) is 10.3 Å². The van der Waals surface area contributed by atoms with E-state index in [2.05, 4.69) is 41.0 Å². The number of nitrogens with one attached hydrogen (secondary N) is 4. The van der Waals surface area contributed by atoms with E-state index >= 15 is 0 Å². The van der Waals surface area contributed by atoms with Crippen molar-refractivity contribution in [3.8, 4) is 0 Å². The van der Waals surface area contributed by atoms with Gasteiger partial charge in [0.2, 0.25) is 22.1 Å². The highest BCUT2D eigenvalue weighted by Gasteiger charge is 2.29. The number of carbonyl (C=O) groups excluding carboxylic acids is 2. The third-order valence-corrected chi connectivity index (χ3v) is 9.62. The fourth-order valence-corrected chi connectivity index (χ4v) is 7.48. The fourth-order valence-electron chi connectivity index (χ4n) is 5.67. The second kappa shape index (κ2) is 11.5. The van der Waals surface area contributed by atoms with Crippen LogP contribution in [0.5, 0.6) is 0 Å². The molecule has 1 aliphatic carbocycles. The Morgan fingerprint density at radius 2 is 1.19 bits per heavy atom. The molecule has 4 N–H and O–H groups in total. The molecule has 10 nitrogen and oxygen atoms in total. The average molecular weight is 597 g/mol. The lowest BCUT2D eigenvalue weighted by atomic mass is 9.82. The first-order valence-electron chi connectivity index (χ1n) is 14.0. The van der Waals surface area contributed by atoms with Crippen LogP contribution in [0.15, 0.2) is 60.7 Å². The minimum atomic E-state index is -0.126.